The first-order valence-corrected chi connectivity index (χ1v) is 11.2. The van der Waals surface area contributed by atoms with E-state index >= 15 is 0 Å². The number of para-hydroxylation sites is 2. The molecule has 3 aromatic rings. The van der Waals surface area contributed by atoms with E-state index in [2.05, 4.69) is 41.1 Å². The Morgan fingerprint density at radius 2 is 1.94 bits per heavy atom. The van der Waals surface area contributed by atoms with Gasteiger partial charge < -0.3 is 14.1 Å². The number of benzene rings is 2. The number of fused-ring (bicyclic) bond motifs is 1. The summed E-state index contributed by atoms with van der Waals surface area (Å²) in [5.74, 6) is -0.0251. The number of carbonyl (C=O) groups is 1. The Balaban J connectivity index is 1.39. The second-order valence-corrected chi connectivity index (χ2v) is 9.01. The summed E-state index contributed by atoms with van der Waals surface area (Å²) in [6.07, 6.45) is 1.06. The number of nitrogens with zero attached hydrogens (tertiary/aromatic N) is 3. The van der Waals surface area contributed by atoms with E-state index in [0.717, 1.165) is 23.1 Å². The average molecular weight is 454 g/mol. The van der Waals surface area contributed by atoms with Gasteiger partial charge in [0.25, 0.3) is 11.1 Å². The van der Waals surface area contributed by atoms with Gasteiger partial charge in [0.1, 0.15) is 0 Å². The molecular formula is C24H24FN3O3S. The standard InChI is InChI=1S/C24H24FN3O3S/c1-15(30-20-12-8-6-10-18(20)25)22-26-27-23(31-22)32-14-16(29)13-21-24(2,3)17-9-5-7-11-19(17)28(21)4/h5-13,15H,14H2,1-4H3/b21-13+. The van der Waals surface area contributed by atoms with Crippen LogP contribution in [0, 0.1) is 5.82 Å². The molecule has 1 aliphatic rings. The van der Waals surface area contributed by atoms with Gasteiger partial charge in [0.2, 0.25) is 0 Å². The van der Waals surface area contributed by atoms with Crippen molar-refractivity contribution in [2.24, 2.45) is 0 Å². The lowest BCUT2D eigenvalue weighted by atomic mass is 9.83. The van der Waals surface area contributed by atoms with E-state index in [0.29, 0.717) is 0 Å². The third-order valence-corrected chi connectivity index (χ3v) is 6.33. The van der Waals surface area contributed by atoms with E-state index in [-0.39, 0.29) is 33.8 Å². The number of thioether (sulfide) groups is 1. The smallest absolute Gasteiger partial charge is 0.277 e. The van der Waals surface area contributed by atoms with Gasteiger partial charge in [-0.1, -0.05) is 55.9 Å². The largest absolute Gasteiger partial charge is 0.478 e. The highest BCUT2D eigenvalue weighted by molar-refractivity contribution is 7.99. The molecule has 1 unspecified atom stereocenters. The lowest BCUT2D eigenvalue weighted by molar-refractivity contribution is -0.112. The van der Waals surface area contributed by atoms with Crippen molar-refractivity contribution >= 4 is 23.2 Å². The summed E-state index contributed by atoms with van der Waals surface area (Å²) in [5.41, 5.74) is 2.99. The summed E-state index contributed by atoms with van der Waals surface area (Å²) in [6.45, 7) is 5.92. The van der Waals surface area contributed by atoms with Crippen molar-refractivity contribution in [3.63, 3.8) is 0 Å². The maximum atomic E-state index is 13.8. The minimum absolute atomic E-state index is 0.0480. The molecule has 0 N–H and O–H groups in total. The molecule has 4 rings (SSSR count). The molecule has 166 valence electrons. The SMILES string of the molecule is CC(Oc1ccccc1F)c1nnc(SCC(=O)/C=C2/N(C)c3ccccc3C2(C)C)o1. The van der Waals surface area contributed by atoms with Crippen LogP contribution in [-0.4, -0.2) is 28.8 Å². The summed E-state index contributed by atoms with van der Waals surface area (Å²) >= 11 is 1.16. The van der Waals surface area contributed by atoms with Gasteiger partial charge in [-0.15, -0.1) is 10.2 Å². The number of rotatable bonds is 7. The van der Waals surface area contributed by atoms with E-state index in [1.165, 1.54) is 17.7 Å². The Bertz CT molecular complexity index is 1170. The van der Waals surface area contributed by atoms with E-state index in [1.807, 2.05) is 19.2 Å². The van der Waals surface area contributed by atoms with Crippen LogP contribution in [0.15, 0.2) is 69.9 Å². The number of hydrogen-bond donors (Lipinski definition) is 0. The molecule has 0 bridgehead atoms. The fraction of sp³-hybridized carbons (Fsp3) is 0.292. The number of allylic oxidation sites excluding steroid dienone is 2. The summed E-state index contributed by atoms with van der Waals surface area (Å²) in [6, 6.07) is 14.3. The first kappa shape index (κ1) is 22.1. The van der Waals surface area contributed by atoms with Gasteiger partial charge >= 0.3 is 0 Å². The van der Waals surface area contributed by atoms with Gasteiger partial charge in [-0.2, -0.15) is 0 Å². The predicted octanol–water partition coefficient (Wildman–Crippen LogP) is 5.32. The molecule has 6 nitrogen and oxygen atoms in total. The summed E-state index contributed by atoms with van der Waals surface area (Å²) in [7, 11) is 1.97. The van der Waals surface area contributed by atoms with E-state index in [4.69, 9.17) is 9.15 Å². The topological polar surface area (TPSA) is 68.5 Å². The summed E-state index contributed by atoms with van der Waals surface area (Å²) < 4.78 is 24.9. The zero-order valence-corrected chi connectivity index (χ0v) is 19.1. The Morgan fingerprint density at radius 3 is 2.69 bits per heavy atom. The third kappa shape index (κ3) is 4.27. The van der Waals surface area contributed by atoms with Crippen LogP contribution in [0.25, 0.3) is 0 Å². The van der Waals surface area contributed by atoms with E-state index in [9.17, 15) is 9.18 Å². The summed E-state index contributed by atoms with van der Waals surface area (Å²) in [5, 5.41) is 8.20. The lowest BCUT2D eigenvalue weighted by Gasteiger charge is -2.23. The highest BCUT2D eigenvalue weighted by atomic mass is 32.2. The minimum atomic E-state index is -0.627. The average Bonchev–Trinajstić information content (AvgIpc) is 3.32. The molecule has 0 aliphatic carbocycles. The van der Waals surface area contributed by atoms with Crippen LogP contribution < -0.4 is 9.64 Å². The molecule has 1 aliphatic heterocycles. The number of likely N-dealkylation sites (N-methyl/N-ethyl adjacent to an activating group) is 1. The third-order valence-electron chi connectivity index (χ3n) is 5.49. The van der Waals surface area contributed by atoms with E-state index < -0.39 is 11.9 Å². The van der Waals surface area contributed by atoms with Crippen molar-refractivity contribution in [1.29, 1.82) is 0 Å². The van der Waals surface area contributed by atoms with Crippen LogP contribution in [0.1, 0.15) is 38.3 Å². The van der Waals surface area contributed by atoms with Gasteiger partial charge in [-0.3, -0.25) is 4.79 Å². The van der Waals surface area contributed by atoms with Crippen LogP contribution in [0.3, 0.4) is 0 Å². The normalized spacial score (nSPS) is 16.8. The van der Waals surface area contributed by atoms with Crippen molar-refractivity contribution in [2.75, 3.05) is 17.7 Å². The Morgan fingerprint density at radius 1 is 1.22 bits per heavy atom. The zero-order chi connectivity index (χ0) is 22.9. The van der Waals surface area contributed by atoms with Crippen molar-refractivity contribution in [3.8, 4) is 5.75 Å². The van der Waals surface area contributed by atoms with E-state index in [1.54, 1.807) is 25.1 Å². The highest BCUT2D eigenvalue weighted by Crippen LogP contribution is 2.46. The molecule has 0 amide bonds. The van der Waals surface area contributed by atoms with Crippen LogP contribution in [0.2, 0.25) is 0 Å². The molecule has 1 aromatic heterocycles. The Hall–Kier alpha value is -3.13. The molecule has 0 saturated carbocycles. The maximum absolute atomic E-state index is 13.8. The molecule has 0 radical (unpaired) electrons. The molecule has 0 fully saturated rings. The molecule has 32 heavy (non-hydrogen) atoms. The van der Waals surface area contributed by atoms with Crippen LogP contribution in [-0.2, 0) is 10.2 Å². The number of ketones is 1. The quantitative estimate of drug-likeness (QED) is 0.354. The van der Waals surface area contributed by atoms with Crippen LogP contribution in [0.5, 0.6) is 5.75 Å². The molecule has 1 atom stereocenters. The second-order valence-electron chi connectivity index (χ2n) is 8.08. The van der Waals surface area contributed by atoms with Gasteiger partial charge in [-0.05, 0) is 30.7 Å². The number of hydrogen-bond acceptors (Lipinski definition) is 7. The van der Waals surface area contributed by atoms with Crippen molar-refractivity contribution in [1.82, 2.24) is 10.2 Å². The first-order valence-electron chi connectivity index (χ1n) is 10.2. The van der Waals surface area contributed by atoms with Gasteiger partial charge in [-0.25, -0.2) is 4.39 Å². The van der Waals surface area contributed by atoms with Crippen molar-refractivity contribution in [3.05, 3.63) is 77.6 Å². The molecule has 8 heteroatoms. The van der Waals surface area contributed by atoms with Crippen molar-refractivity contribution in [2.45, 2.75) is 37.5 Å². The zero-order valence-electron chi connectivity index (χ0n) is 18.3. The highest BCUT2D eigenvalue weighted by Gasteiger charge is 2.38. The van der Waals surface area contributed by atoms with Crippen molar-refractivity contribution < 1.29 is 18.3 Å². The Labute approximate surface area is 190 Å². The monoisotopic (exact) mass is 453 g/mol. The van der Waals surface area contributed by atoms with Gasteiger partial charge in [0.05, 0.1) is 5.75 Å². The van der Waals surface area contributed by atoms with Gasteiger partial charge in [0, 0.05) is 29.9 Å². The lowest BCUT2D eigenvalue weighted by Crippen LogP contribution is -2.24. The minimum Gasteiger partial charge on any atom is -0.478 e. The van der Waals surface area contributed by atoms with Crippen LogP contribution >= 0.6 is 11.8 Å². The molecule has 2 heterocycles. The molecule has 0 spiro atoms. The number of halogens is 1. The maximum Gasteiger partial charge on any atom is 0.277 e. The fourth-order valence-corrected chi connectivity index (χ4v) is 4.40. The first-order chi connectivity index (χ1) is 15.3. The molecule has 2 aromatic carbocycles. The Kier molecular flexibility index (Phi) is 6.06. The number of aromatic nitrogens is 2. The second kappa shape index (κ2) is 8.78. The number of ether oxygens (including phenoxy) is 1. The predicted molar refractivity (Wildman–Crippen MR) is 121 cm³/mol. The number of anilines is 1. The molecular weight excluding hydrogens is 429 g/mol. The summed E-state index contributed by atoms with van der Waals surface area (Å²) in [4.78, 5) is 14.8. The molecule has 0 saturated heterocycles. The fourth-order valence-electron chi connectivity index (χ4n) is 3.81. The van der Waals surface area contributed by atoms with Crippen LogP contribution in [0.4, 0.5) is 10.1 Å². The number of carbonyl (C=O) groups excluding carboxylic acids is 1. The van der Waals surface area contributed by atoms with Gasteiger partial charge in [0.15, 0.2) is 23.5 Å².